The summed E-state index contributed by atoms with van der Waals surface area (Å²) in [4.78, 5) is 18.5. The zero-order chi connectivity index (χ0) is 17.6. The molecule has 8 heteroatoms. The normalized spacial score (nSPS) is 18.2. The van der Waals surface area contributed by atoms with Crippen molar-refractivity contribution in [3.63, 3.8) is 0 Å². The summed E-state index contributed by atoms with van der Waals surface area (Å²) in [5, 5.41) is 10.4. The van der Waals surface area contributed by atoms with Gasteiger partial charge in [0.2, 0.25) is 11.9 Å². The number of nitrogen functional groups attached to an aromatic ring is 1. The predicted molar refractivity (Wildman–Crippen MR) is 97.0 cm³/mol. The Balaban J connectivity index is 1.44. The third-order valence-corrected chi connectivity index (χ3v) is 4.58. The molecule has 3 rings (SSSR count). The number of H-pyrrole nitrogens is 1. The van der Waals surface area contributed by atoms with Crippen LogP contribution in [0.25, 0.3) is 0 Å². The average molecular weight is 363 g/mol. The smallest absolute Gasteiger partial charge is 0.239 e. The van der Waals surface area contributed by atoms with Gasteiger partial charge < -0.3 is 11.1 Å². The predicted octanol–water partition coefficient (Wildman–Crippen LogP) is 1.75. The van der Waals surface area contributed by atoms with E-state index in [1.807, 2.05) is 24.3 Å². The van der Waals surface area contributed by atoms with Crippen LogP contribution in [0, 0.1) is 0 Å². The van der Waals surface area contributed by atoms with Gasteiger partial charge in [-0.3, -0.25) is 14.8 Å². The topological polar surface area (TPSA) is 99.9 Å². The summed E-state index contributed by atoms with van der Waals surface area (Å²) in [6.07, 6.45) is 2.98. The van der Waals surface area contributed by atoms with E-state index in [1.165, 1.54) is 5.56 Å². The van der Waals surface area contributed by atoms with Gasteiger partial charge in [-0.2, -0.15) is 4.98 Å². The van der Waals surface area contributed by atoms with Crippen LogP contribution in [0.5, 0.6) is 0 Å². The minimum Gasteiger partial charge on any atom is -0.367 e. The molecule has 1 aliphatic rings. The number of carbonyl (C=O) groups is 1. The average Bonchev–Trinajstić information content (AvgIpc) is 3.01. The maximum atomic E-state index is 12.2. The summed E-state index contributed by atoms with van der Waals surface area (Å²) in [5.74, 6) is 0.884. The zero-order valence-electron chi connectivity index (χ0n) is 14.0. The number of piperidine rings is 1. The van der Waals surface area contributed by atoms with Gasteiger partial charge in [0.25, 0.3) is 0 Å². The van der Waals surface area contributed by atoms with Gasteiger partial charge in [0.05, 0.1) is 0 Å². The van der Waals surface area contributed by atoms with Crippen LogP contribution >= 0.6 is 11.6 Å². The molecule has 7 nitrogen and oxygen atoms in total. The molecule has 0 saturated carbocycles. The zero-order valence-corrected chi connectivity index (χ0v) is 14.8. The minimum absolute atomic E-state index is 0.0355. The molecule has 4 N–H and O–H groups in total. The number of aromatic nitrogens is 3. The fourth-order valence-corrected chi connectivity index (χ4v) is 3.24. The summed E-state index contributed by atoms with van der Waals surface area (Å²) in [6.45, 7) is 2.79. The quantitative estimate of drug-likeness (QED) is 0.727. The van der Waals surface area contributed by atoms with Crippen LogP contribution in [0.15, 0.2) is 24.3 Å². The first kappa shape index (κ1) is 17.7. The molecule has 1 fully saturated rings. The molecule has 1 aromatic carbocycles. The van der Waals surface area contributed by atoms with Gasteiger partial charge in [0.15, 0.2) is 0 Å². The number of hydrogen-bond donors (Lipinski definition) is 3. The van der Waals surface area contributed by atoms with E-state index in [9.17, 15) is 4.79 Å². The SMILES string of the molecule is Nc1n[nH]c(CCC(=O)NC2CCCN(Cc3ccc(Cl)cc3)C2)n1. The van der Waals surface area contributed by atoms with Crippen molar-refractivity contribution >= 4 is 23.5 Å². The molecule has 0 bridgehead atoms. The molecule has 1 saturated heterocycles. The van der Waals surface area contributed by atoms with Crippen LogP contribution < -0.4 is 11.1 Å². The monoisotopic (exact) mass is 362 g/mol. The first-order valence-corrected chi connectivity index (χ1v) is 8.89. The Morgan fingerprint density at radius 2 is 2.20 bits per heavy atom. The number of halogens is 1. The highest BCUT2D eigenvalue weighted by Gasteiger charge is 2.21. The molecule has 1 amide bonds. The van der Waals surface area contributed by atoms with Crippen molar-refractivity contribution in [1.82, 2.24) is 25.4 Å². The first-order valence-electron chi connectivity index (χ1n) is 8.51. The molecule has 0 radical (unpaired) electrons. The number of benzene rings is 1. The van der Waals surface area contributed by atoms with Gasteiger partial charge >= 0.3 is 0 Å². The molecule has 2 heterocycles. The van der Waals surface area contributed by atoms with Crippen molar-refractivity contribution in [1.29, 1.82) is 0 Å². The van der Waals surface area contributed by atoms with Crippen LogP contribution in [-0.4, -0.2) is 45.1 Å². The first-order chi connectivity index (χ1) is 12.1. The van der Waals surface area contributed by atoms with Crippen molar-refractivity contribution in [3.05, 3.63) is 40.7 Å². The van der Waals surface area contributed by atoms with Gasteiger partial charge in [-0.1, -0.05) is 23.7 Å². The van der Waals surface area contributed by atoms with E-state index in [0.717, 1.165) is 37.5 Å². The van der Waals surface area contributed by atoms with Crippen LogP contribution in [0.4, 0.5) is 5.95 Å². The van der Waals surface area contributed by atoms with Gasteiger partial charge in [0.1, 0.15) is 5.82 Å². The second-order valence-corrected chi connectivity index (χ2v) is 6.84. The summed E-state index contributed by atoms with van der Waals surface area (Å²) in [7, 11) is 0. The van der Waals surface area contributed by atoms with E-state index in [0.29, 0.717) is 18.7 Å². The highest BCUT2D eigenvalue weighted by Crippen LogP contribution is 2.16. The standard InChI is InChI=1S/C17H23ClN6O/c18-13-5-3-12(4-6-13)10-24-9-1-2-14(11-24)20-16(25)8-7-15-21-17(19)23-22-15/h3-6,14H,1-2,7-11H2,(H,20,25)(H3,19,21,22,23). The van der Waals surface area contributed by atoms with Crippen LogP contribution in [0.2, 0.25) is 5.02 Å². The van der Waals surface area contributed by atoms with E-state index < -0.39 is 0 Å². The number of nitrogens with one attached hydrogen (secondary N) is 2. The maximum absolute atomic E-state index is 12.2. The molecule has 25 heavy (non-hydrogen) atoms. The fourth-order valence-electron chi connectivity index (χ4n) is 3.12. The lowest BCUT2D eigenvalue weighted by atomic mass is 10.0. The van der Waals surface area contributed by atoms with Crippen LogP contribution in [0.1, 0.15) is 30.7 Å². The van der Waals surface area contributed by atoms with Crippen molar-refractivity contribution in [2.24, 2.45) is 0 Å². The van der Waals surface area contributed by atoms with Crippen molar-refractivity contribution < 1.29 is 4.79 Å². The Bertz CT molecular complexity index is 701. The summed E-state index contributed by atoms with van der Waals surface area (Å²) in [5.41, 5.74) is 6.69. The highest BCUT2D eigenvalue weighted by atomic mass is 35.5. The molecule has 1 aliphatic heterocycles. The molecule has 1 atom stereocenters. The highest BCUT2D eigenvalue weighted by molar-refractivity contribution is 6.30. The Morgan fingerprint density at radius 1 is 1.40 bits per heavy atom. The number of anilines is 1. The molecule has 0 aliphatic carbocycles. The lowest BCUT2D eigenvalue weighted by Gasteiger charge is -2.33. The Hall–Kier alpha value is -2.12. The lowest BCUT2D eigenvalue weighted by Crippen LogP contribution is -2.47. The Kier molecular flexibility index (Phi) is 5.88. The Labute approximate surface area is 151 Å². The molecular weight excluding hydrogens is 340 g/mol. The van der Waals surface area contributed by atoms with E-state index in [2.05, 4.69) is 25.4 Å². The minimum atomic E-state index is 0.0355. The number of aryl methyl sites for hydroxylation is 1. The van der Waals surface area contributed by atoms with Crippen LogP contribution in [0.3, 0.4) is 0 Å². The van der Waals surface area contributed by atoms with Gasteiger partial charge in [-0.05, 0) is 37.1 Å². The maximum Gasteiger partial charge on any atom is 0.239 e. The lowest BCUT2D eigenvalue weighted by molar-refractivity contribution is -0.122. The summed E-state index contributed by atoms with van der Waals surface area (Å²) in [6, 6.07) is 8.11. The third-order valence-electron chi connectivity index (χ3n) is 4.33. The Morgan fingerprint density at radius 3 is 2.92 bits per heavy atom. The molecule has 2 aromatic rings. The van der Waals surface area contributed by atoms with E-state index in [1.54, 1.807) is 0 Å². The number of amides is 1. The van der Waals surface area contributed by atoms with Crippen molar-refractivity contribution in [2.45, 2.75) is 38.3 Å². The second-order valence-electron chi connectivity index (χ2n) is 6.41. The van der Waals surface area contributed by atoms with E-state index in [-0.39, 0.29) is 17.9 Å². The fraction of sp³-hybridized carbons (Fsp3) is 0.471. The van der Waals surface area contributed by atoms with Crippen LogP contribution in [-0.2, 0) is 17.8 Å². The van der Waals surface area contributed by atoms with Gasteiger partial charge in [-0.15, -0.1) is 5.10 Å². The van der Waals surface area contributed by atoms with Gasteiger partial charge in [0, 0.05) is 37.0 Å². The number of carbonyl (C=O) groups excluding carboxylic acids is 1. The third kappa shape index (κ3) is 5.44. The second kappa shape index (κ2) is 8.31. The van der Waals surface area contributed by atoms with E-state index >= 15 is 0 Å². The van der Waals surface area contributed by atoms with Crippen molar-refractivity contribution in [3.8, 4) is 0 Å². The van der Waals surface area contributed by atoms with Gasteiger partial charge in [-0.25, -0.2) is 0 Å². The van der Waals surface area contributed by atoms with Crippen molar-refractivity contribution in [2.75, 3.05) is 18.8 Å². The number of aromatic amines is 1. The molecule has 1 unspecified atom stereocenters. The van der Waals surface area contributed by atoms with E-state index in [4.69, 9.17) is 17.3 Å². The number of rotatable bonds is 6. The summed E-state index contributed by atoms with van der Waals surface area (Å²) < 4.78 is 0. The molecule has 0 spiro atoms. The molecule has 1 aromatic heterocycles. The number of hydrogen-bond acceptors (Lipinski definition) is 5. The summed E-state index contributed by atoms with van der Waals surface area (Å²) >= 11 is 5.93. The number of nitrogens with zero attached hydrogens (tertiary/aromatic N) is 3. The largest absolute Gasteiger partial charge is 0.367 e. The molecule has 134 valence electrons. The number of nitrogens with two attached hydrogens (primary N) is 1. The number of likely N-dealkylation sites (tertiary alicyclic amines) is 1. The molecular formula is C17H23ClN6O.